The standard InChI is InChI=1S/C17H25NO5S/c1-4-13-6-5-10-18(13)17(19)9-11-24(20,21)14-7-8-15(22-2)16(12-14)23-3/h7-8,12-13H,4-6,9-11H2,1-3H3. The molecule has 2 rings (SSSR count). The van der Waals surface area contributed by atoms with Crippen molar-refractivity contribution >= 4 is 15.7 Å². The lowest BCUT2D eigenvalue weighted by Gasteiger charge is -2.23. The van der Waals surface area contributed by atoms with Crippen LogP contribution in [0.3, 0.4) is 0 Å². The molecule has 1 aromatic rings. The van der Waals surface area contributed by atoms with Gasteiger partial charge in [-0.05, 0) is 31.4 Å². The summed E-state index contributed by atoms with van der Waals surface area (Å²) in [6, 6.07) is 4.72. The van der Waals surface area contributed by atoms with Gasteiger partial charge in [0.1, 0.15) is 0 Å². The van der Waals surface area contributed by atoms with E-state index >= 15 is 0 Å². The predicted molar refractivity (Wildman–Crippen MR) is 91.2 cm³/mol. The molecule has 0 aliphatic carbocycles. The van der Waals surface area contributed by atoms with Crippen molar-refractivity contribution < 1.29 is 22.7 Å². The summed E-state index contributed by atoms with van der Waals surface area (Å²) >= 11 is 0. The molecule has 1 saturated heterocycles. The summed E-state index contributed by atoms with van der Waals surface area (Å²) in [5.74, 6) is 0.545. The van der Waals surface area contributed by atoms with E-state index in [9.17, 15) is 13.2 Å². The van der Waals surface area contributed by atoms with Gasteiger partial charge >= 0.3 is 0 Å². The van der Waals surface area contributed by atoms with Gasteiger partial charge in [0, 0.05) is 25.1 Å². The van der Waals surface area contributed by atoms with Gasteiger partial charge in [-0.25, -0.2) is 8.42 Å². The minimum atomic E-state index is -3.55. The lowest BCUT2D eigenvalue weighted by molar-refractivity contribution is -0.131. The van der Waals surface area contributed by atoms with Crippen LogP contribution in [0.4, 0.5) is 0 Å². The zero-order chi connectivity index (χ0) is 17.7. The van der Waals surface area contributed by atoms with Crippen LogP contribution in [-0.2, 0) is 14.6 Å². The van der Waals surface area contributed by atoms with Crippen molar-refractivity contribution in [3.05, 3.63) is 18.2 Å². The first-order chi connectivity index (χ1) is 11.4. The summed E-state index contributed by atoms with van der Waals surface area (Å²) in [6.45, 7) is 2.78. The highest BCUT2D eigenvalue weighted by Gasteiger charge is 2.28. The molecule has 1 fully saturated rings. The molecular formula is C17H25NO5S. The van der Waals surface area contributed by atoms with Gasteiger partial charge in [0.25, 0.3) is 0 Å². The van der Waals surface area contributed by atoms with Crippen LogP contribution in [0.1, 0.15) is 32.6 Å². The van der Waals surface area contributed by atoms with Gasteiger partial charge in [-0.15, -0.1) is 0 Å². The van der Waals surface area contributed by atoms with E-state index < -0.39 is 9.84 Å². The maximum Gasteiger partial charge on any atom is 0.223 e. The molecule has 7 heteroatoms. The lowest BCUT2D eigenvalue weighted by atomic mass is 10.1. The molecule has 1 atom stereocenters. The summed E-state index contributed by atoms with van der Waals surface area (Å²) in [4.78, 5) is 14.3. The Hall–Kier alpha value is -1.76. The Morgan fingerprint density at radius 1 is 1.25 bits per heavy atom. The summed E-state index contributed by atoms with van der Waals surface area (Å²) in [5, 5.41) is 0. The van der Waals surface area contributed by atoms with Crippen molar-refractivity contribution in [1.82, 2.24) is 4.90 Å². The van der Waals surface area contributed by atoms with Crippen LogP contribution < -0.4 is 9.47 Å². The Kier molecular flexibility index (Phi) is 6.10. The largest absolute Gasteiger partial charge is 0.493 e. The summed E-state index contributed by atoms with van der Waals surface area (Å²) in [6.07, 6.45) is 2.92. The van der Waals surface area contributed by atoms with Crippen LogP contribution in [0.25, 0.3) is 0 Å². The number of methoxy groups -OCH3 is 2. The van der Waals surface area contributed by atoms with Gasteiger partial charge in [-0.3, -0.25) is 4.79 Å². The fourth-order valence-electron chi connectivity index (χ4n) is 3.08. The molecule has 0 saturated carbocycles. The highest BCUT2D eigenvalue weighted by atomic mass is 32.2. The quantitative estimate of drug-likeness (QED) is 0.750. The van der Waals surface area contributed by atoms with Crippen LogP contribution in [0, 0.1) is 0 Å². The first-order valence-electron chi connectivity index (χ1n) is 8.17. The molecule has 6 nitrogen and oxygen atoms in total. The molecule has 0 radical (unpaired) electrons. The second-order valence-corrected chi connectivity index (χ2v) is 7.99. The highest BCUT2D eigenvalue weighted by molar-refractivity contribution is 7.91. The molecule has 1 aliphatic rings. The van der Waals surface area contributed by atoms with Gasteiger partial charge in [0.15, 0.2) is 21.3 Å². The second-order valence-electron chi connectivity index (χ2n) is 5.88. The van der Waals surface area contributed by atoms with Crippen molar-refractivity contribution in [3.63, 3.8) is 0 Å². The molecule has 1 unspecified atom stereocenters. The molecule has 0 spiro atoms. The van der Waals surface area contributed by atoms with E-state index in [1.807, 2.05) is 4.90 Å². The Morgan fingerprint density at radius 3 is 2.58 bits per heavy atom. The molecule has 0 aromatic heterocycles. The number of amides is 1. The Labute approximate surface area is 143 Å². The van der Waals surface area contributed by atoms with Crippen LogP contribution >= 0.6 is 0 Å². The minimum absolute atomic E-state index is 0.00712. The maximum absolute atomic E-state index is 12.5. The lowest BCUT2D eigenvalue weighted by Crippen LogP contribution is -2.36. The van der Waals surface area contributed by atoms with Crippen molar-refractivity contribution in [2.45, 2.75) is 43.5 Å². The van der Waals surface area contributed by atoms with Crippen molar-refractivity contribution in [3.8, 4) is 11.5 Å². The number of benzene rings is 1. The molecule has 1 heterocycles. The number of nitrogens with zero attached hydrogens (tertiary/aromatic N) is 1. The first kappa shape index (κ1) is 18.6. The Balaban J connectivity index is 2.07. The van der Waals surface area contributed by atoms with E-state index in [2.05, 4.69) is 6.92 Å². The number of sulfone groups is 1. The van der Waals surface area contributed by atoms with E-state index in [1.54, 1.807) is 6.07 Å². The minimum Gasteiger partial charge on any atom is -0.493 e. The molecule has 0 N–H and O–H groups in total. The topological polar surface area (TPSA) is 72.9 Å². The Morgan fingerprint density at radius 2 is 1.96 bits per heavy atom. The summed E-state index contributed by atoms with van der Waals surface area (Å²) in [5.41, 5.74) is 0. The van der Waals surface area contributed by atoms with Crippen molar-refractivity contribution in [2.24, 2.45) is 0 Å². The van der Waals surface area contributed by atoms with Crippen molar-refractivity contribution in [2.75, 3.05) is 26.5 Å². The average Bonchev–Trinajstić information content (AvgIpc) is 3.07. The van der Waals surface area contributed by atoms with E-state index in [0.717, 1.165) is 25.8 Å². The number of hydrogen-bond acceptors (Lipinski definition) is 5. The van der Waals surface area contributed by atoms with Crippen LogP contribution in [0.15, 0.2) is 23.1 Å². The molecule has 1 aliphatic heterocycles. The third kappa shape index (κ3) is 4.01. The molecule has 24 heavy (non-hydrogen) atoms. The van der Waals surface area contributed by atoms with Gasteiger partial charge in [0.05, 0.1) is 24.9 Å². The summed E-state index contributed by atoms with van der Waals surface area (Å²) in [7, 11) is -0.604. The zero-order valence-electron chi connectivity index (χ0n) is 14.4. The molecule has 1 aromatic carbocycles. The van der Waals surface area contributed by atoms with Gasteiger partial charge < -0.3 is 14.4 Å². The van der Waals surface area contributed by atoms with Crippen molar-refractivity contribution in [1.29, 1.82) is 0 Å². The monoisotopic (exact) mass is 355 g/mol. The number of ether oxygens (including phenoxy) is 2. The van der Waals surface area contributed by atoms with Gasteiger partial charge in [0.2, 0.25) is 5.91 Å². The van der Waals surface area contributed by atoms with Gasteiger partial charge in [-0.1, -0.05) is 6.92 Å². The van der Waals surface area contributed by atoms with E-state index in [4.69, 9.17) is 9.47 Å². The normalized spacial score (nSPS) is 17.8. The highest BCUT2D eigenvalue weighted by Crippen LogP contribution is 2.30. The van der Waals surface area contributed by atoms with Crippen LogP contribution in [-0.4, -0.2) is 51.8 Å². The smallest absolute Gasteiger partial charge is 0.223 e. The fourth-order valence-corrected chi connectivity index (χ4v) is 4.32. The van der Waals surface area contributed by atoms with E-state index in [-0.39, 0.29) is 29.0 Å². The second kappa shape index (κ2) is 7.88. The predicted octanol–water partition coefficient (Wildman–Crippen LogP) is 2.27. The number of rotatable bonds is 7. The maximum atomic E-state index is 12.5. The van der Waals surface area contributed by atoms with Gasteiger partial charge in [-0.2, -0.15) is 0 Å². The van der Waals surface area contributed by atoms with E-state index in [0.29, 0.717) is 11.5 Å². The summed E-state index contributed by atoms with van der Waals surface area (Å²) < 4.78 is 35.3. The van der Waals surface area contributed by atoms with Crippen LogP contribution in [0.2, 0.25) is 0 Å². The number of carbonyl (C=O) groups is 1. The van der Waals surface area contributed by atoms with Crippen LogP contribution in [0.5, 0.6) is 11.5 Å². The number of likely N-dealkylation sites (tertiary alicyclic amines) is 1. The average molecular weight is 355 g/mol. The van der Waals surface area contributed by atoms with E-state index in [1.165, 1.54) is 26.4 Å². The Bertz CT molecular complexity index is 686. The number of carbonyl (C=O) groups excluding carboxylic acids is 1. The third-order valence-electron chi connectivity index (χ3n) is 4.47. The molecule has 134 valence electrons. The molecule has 0 bridgehead atoms. The molecular weight excluding hydrogens is 330 g/mol. The molecule has 1 amide bonds. The zero-order valence-corrected chi connectivity index (χ0v) is 15.3. The first-order valence-corrected chi connectivity index (χ1v) is 9.82. The fraction of sp³-hybridized carbons (Fsp3) is 0.588. The third-order valence-corrected chi connectivity index (χ3v) is 6.18. The number of hydrogen-bond donors (Lipinski definition) is 0. The SMILES string of the molecule is CCC1CCCN1C(=O)CCS(=O)(=O)c1ccc(OC)c(OC)c1.